The second-order valence-corrected chi connectivity index (χ2v) is 15.0. The van der Waals surface area contributed by atoms with Crippen LogP contribution in [0.15, 0.2) is 41.5 Å². The summed E-state index contributed by atoms with van der Waals surface area (Å²) in [7, 11) is 0. The summed E-state index contributed by atoms with van der Waals surface area (Å²) in [6.07, 6.45) is -0.0615. The van der Waals surface area contributed by atoms with Crippen LogP contribution in [0.3, 0.4) is 0 Å². The van der Waals surface area contributed by atoms with E-state index in [2.05, 4.69) is 31.5 Å². The molecule has 284 valence electrons. The molecule has 1 atom stereocenters. The molecule has 0 bridgehead atoms. The Morgan fingerprint density at radius 3 is 2.50 bits per heavy atom. The SMILES string of the molecule is C/C(=N\Nc1nc(-c2ccc(Cl)c(Cl)c2)c(CC(=O)NCCNc2cccc3c2C(=O)N(C2CCC(=O)NC2=O)C3=O)s1)C(=O)OCOC(=O)C(C)(C)C. The van der Waals surface area contributed by atoms with E-state index in [1.165, 1.54) is 13.0 Å². The molecule has 4 N–H and O–H groups in total. The average Bonchev–Trinajstić information content (AvgIpc) is 3.63. The number of amides is 5. The van der Waals surface area contributed by atoms with Crippen molar-refractivity contribution in [1.82, 2.24) is 20.5 Å². The van der Waals surface area contributed by atoms with Gasteiger partial charge in [-0.25, -0.2) is 9.78 Å². The molecule has 16 nitrogen and oxygen atoms in total. The van der Waals surface area contributed by atoms with Crippen LogP contribution in [0.5, 0.6) is 0 Å². The zero-order valence-corrected chi connectivity index (χ0v) is 31.8. The third-order valence-electron chi connectivity index (χ3n) is 8.05. The molecule has 54 heavy (non-hydrogen) atoms. The Hall–Kier alpha value is -5.39. The number of aromatic nitrogens is 1. The first kappa shape index (κ1) is 39.8. The molecule has 2 aliphatic heterocycles. The molecule has 5 rings (SSSR count). The summed E-state index contributed by atoms with van der Waals surface area (Å²) in [4.78, 5) is 93.9. The van der Waals surface area contributed by atoms with Gasteiger partial charge in [-0.15, -0.1) is 0 Å². The standard InChI is InChI=1S/C35H35Cl2N7O9S/c1-17(32(50)52-16-53-33(51)35(2,3)4)42-43-34-41-28(18-8-9-20(36)21(37)14-18)24(54-34)15-26(46)39-13-12-38-22-7-5-6-19-27(22)31(49)44(30(19)48)23-10-11-25(45)40-29(23)47/h5-9,14,23,38H,10-13,15-16H2,1-4H3,(H,39,46)(H,41,43)(H,40,45,47)/b42-17+. The van der Waals surface area contributed by atoms with Gasteiger partial charge in [0, 0.05) is 35.6 Å². The minimum Gasteiger partial charge on any atom is -0.427 e. The number of thiazole rings is 1. The maximum absolute atomic E-state index is 13.4. The monoisotopic (exact) mass is 799 g/mol. The Morgan fingerprint density at radius 1 is 1.04 bits per heavy atom. The zero-order chi connectivity index (χ0) is 39.3. The van der Waals surface area contributed by atoms with Crippen LogP contribution in [0.4, 0.5) is 10.8 Å². The second kappa shape index (κ2) is 16.7. The largest absolute Gasteiger partial charge is 0.427 e. The maximum atomic E-state index is 13.4. The lowest BCUT2D eigenvalue weighted by Gasteiger charge is -2.27. The summed E-state index contributed by atoms with van der Waals surface area (Å²) in [5, 5.41) is 12.9. The Balaban J connectivity index is 1.21. The number of halogens is 2. The third kappa shape index (κ3) is 9.21. The van der Waals surface area contributed by atoms with Gasteiger partial charge in [0.25, 0.3) is 11.8 Å². The number of nitrogens with zero attached hydrogens (tertiary/aromatic N) is 3. The van der Waals surface area contributed by atoms with Gasteiger partial charge in [0.15, 0.2) is 0 Å². The van der Waals surface area contributed by atoms with E-state index < -0.39 is 53.8 Å². The molecule has 1 unspecified atom stereocenters. The molecule has 1 saturated heterocycles. The fourth-order valence-corrected chi connectivity index (χ4v) is 6.52. The highest BCUT2D eigenvalue weighted by molar-refractivity contribution is 7.16. The number of hydrogen-bond acceptors (Lipinski definition) is 14. The topological polar surface area (TPSA) is 215 Å². The molecule has 2 aliphatic rings. The van der Waals surface area contributed by atoms with E-state index in [9.17, 15) is 33.6 Å². The lowest BCUT2D eigenvalue weighted by Crippen LogP contribution is -2.54. The fourth-order valence-electron chi connectivity index (χ4n) is 5.29. The maximum Gasteiger partial charge on any atom is 0.357 e. The number of piperidine rings is 1. The Bertz CT molecular complexity index is 2080. The lowest BCUT2D eigenvalue weighted by atomic mass is 9.98. The smallest absolute Gasteiger partial charge is 0.357 e. The van der Waals surface area contributed by atoms with Crippen LogP contribution in [0.2, 0.25) is 10.0 Å². The van der Waals surface area contributed by atoms with Crippen LogP contribution in [0.25, 0.3) is 11.3 Å². The molecule has 0 radical (unpaired) electrons. The van der Waals surface area contributed by atoms with Crippen molar-refractivity contribution in [2.75, 3.05) is 30.6 Å². The van der Waals surface area contributed by atoms with Crippen molar-refractivity contribution in [3.63, 3.8) is 0 Å². The van der Waals surface area contributed by atoms with Gasteiger partial charge in [0.2, 0.25) is 29.6 Å². The number of ether oxygens (including phenoxy) is 2. The molecule has 0 saturated carbocycles. The van der Waals surface area contributed by atoms with Crippen molar-refractivity contribution in [3.05, 3.63) is 62.4 Å². The molecule has 3 heterocycles. The van der Waals surface area contributed by atoms with Gasteiger partial charge in [0.1, 0.15) is 11.8 Å². The lowest BCUT2D eigenvalue weighted by molar-refractivity contribution is -0.169. The van der Waals surface area contributed by atoms with Gasteiger partial charge in [-0.3, -0.25) is 44.4 Å². The van der Waals surface area contributed by atoms with Crippen LogP contribution in [0, 0.1) is 5.41 Å². The van der Waals surface area contributed by atoms with Crippen LogP contribution < -0.4 is 21.4 Å². The van der Waals surface area contributed by atoms with Crippen LogP contribution in [-0.2, 0) is 39.9 Å². The van der Waals surface area contributed by atoms with E-state index in [4.69, 9.17) is 32.7 Å². The van der Waals surface area contributed by atoms with Crippen LogP contribution in [-0.4, -0.2) is 83.0 Å². The molecule has 0 aliphatic carbocycles. The fraction of sp³-hybridized carbons (Fsp3) is 0.343. The predicted octanol–water partition coefficient (Wildman–Crippen LogP) is 4.17. The minimum absolute atomic E-state index is 0.00610. The van der Waals surface area contributed by atoms with E-state index in [1.54, 1.807) is 51.1 Å². The van der Waals surface area contributed by atoms with E-state index in [0.29, 0.717) is 26.8 Å². The van der Waals surface area contributed by atoms with Crippen molar-refractivity contribution < 1.29 is 43.0 Å². The third-order valence-corrected chi connectivity index (χ3v) is 9.75. The first-order valence-electron chi connectivity index (χ1n) is 16.5. The Morgan fingerprint density at radius 2 is 1.80 bits per heavy atom. The summed E-state index contributed by atoms with van der Waals surface area (Å²) in [6.45, 7) is 6.11. The number of rotatable bonds is 13. The van der Waals surface area contributed by atoms with E-state index in [-0.39, 0.29) is 65.3 Å². The van der Waals surface area contributed by atoms with Gasteiger partial charge < -0.3 is 20.1 Å². The number of carbonyl (C=O) groups excluding carboxylic acids is 7. The molecule has 1 fully saturated rings. The number of esters is 2. The van der Waals surface area contributed by atoms with Crippen molar-refractivity contribution >= 4 is 92.5 Å². The molecule has 0 spiro atoms. The highest BCUT2D eigenvalue weighted by atomic mass is 35.5. The number of hydrazone groups is 1. The molecular weight excluding hydrogens is 765 g/mol. The van der Waals surface area contributed by atoms with Crippen molar-refractivity contribution in [1.29, 1.82) is 0 Å². The molecule has 1 aromatic heterocycles. The predicted molar refractivity (Wildman–Crippen MR) is 199 cm³/mol. The van der Waals surface area contributed by atoms with E-state index in [0.717, 1.165) is 16.2 Å². The quantitative estimate of drug-likeness (QED) is 0.0479. The van der Waals surface area contributed by atoms with Gasteiger partial charge in [-0.1, -0.05) is 46.7 Å². The molecule has 5 amide bonds. The van der Waals surface area contributed by atoms with Gasteiger partial charge in [-0.05, 0) is 58.4 Å². The van der Waals surface area contributed by atoms with Crippen molar-refractivity contribution in [2.45, 2.75) is 53.0 Å². The first-order valence-corrected chi connectivity index (χ1v) is 18.1. The van der Waals surface area contributed by atoms with Crippen molar-refractivity contribution in [3.8, 4) is 11.3 Å². The second-order valence-electron chi connectivity index (χ2n) is 13.1. The number of anilines is 2. The molecule has 3 aromatic rings. The highest BCUT2D eigenvalue weighted by Crippen LogP contribution is 2.35. The number of fused-ring (bicyclic) bond motifs is 1. The van der Waals surface area contributed by atoms with Gasteiger partial charge >= 0.3 is 11.9 Å². The summed E-state index contributed by atoms with van der Waals surface area (Å²) in [5.41, 5.74) is 3.41. The highest BCUT2D eigenvalue weighted by Gasteiger charge is 2.45. The van der Waals surface area contributed by atoms with Crippen LogP contribution >= 0.6 is 34.5 Å². The van der Waals surface area contributed by atoms with E-state index in [1.807, 2.05) is 0 Å². The minimum atomic E-state index is -1.10. The molecular formula is C35H35Cl2N7O9S. The van der Waals surface area contributed by atoms with E-state index >= 15 is 0 Å². The Kier molecular flexibility index (Phi) is 12.3. The summed E-state index contributed by atoms with van der Waals surface area (Å²) >= 11 is 13.5. The summed E-state index contributed by atoms with van der Waals surface area (Å²) in [6, 6.07) is 8.48. The molecule has 2 aromatic carbocycles. The van der Waals surface area contributed by atoms with Gasteiger partial charge in [-0.2, -0.15) is 5.10 Å². The number of nitrogens with one attached hydrogen (secondary N) is 4. The number of carbonyl (C=O) groups is 7. The summed E-state index contributed by atoms with van der Waals surface area (Å²) < 4.78 is 9.91. The summed E-state index contributed by atoms with van der Waals surface area (Å²) in [5.74, 6) is -4.19. The Labute approximate surface area is 322 Å². The average molecular weight is 801 g/mol. The van der Waals surface area contributed by atoms with Crippen molar-refractivity contribution in [2.24, 2.45) is 10.5 Å². The van der Waals surface area contributed by atoms with Crippen LogP contribution in [0.1, 0.15) is 66.1 Å². The molecule has 19 heteroatoms. The normalized spacial score (nSPS) is 15.8. The number of benzene rings is 2. The zero-order valence-electron chi connectivity index (χ0n) is 29.5. The number of hydrogen-bond donors (Lipinski definition) is 4. The first-order chi connectivity index (χ1) is 25.5. The van der Waals surface area contributed by atoms with Gasteiger partial charge in [0.05, 0.1) is 38.7 Å². The number of imide groups is 2.